The molecule has 0 spiro atoms. The fraction of sp³-hybridized carbons (Fsp3) is 0.0588. The summed E-state index contributed by atoms with van der Waals surface area (Å²) in [5, 5.41) is 13.5. The fourth-order valence-corrected chi connectivity index (χ4v) is 3.16. The van der Waals surface area contributed by atoms with Gasteiger partial charge in [-0.1, -0.05) is 29.3 Å². The van der Waals surface area contributed by atoms with E-state index in [2.05, 4.69) is 5.32 Å². The number of halogens is 2. The van der Waals surface area contributed by atoms with Gasteiger partial charge < -0.3 is 15.2 Å². The van der Waals surface area contributed by atoms with Crippen molar-refractivity contribution in [3.05, 3.63) is 57.1 Å². The van der Waals surface area contributed by atoms with Crippen LogP contribution in [-0.4, -0.2) is 23.7 Å². The maximum atomic E-state index is 12.6. The zero-order chi connectivity index (χ0) is 19.2. The molecule has 3 rings (SSSR count). The van der Waals surface area contributed by atoms with Gasteiger partial charge in [-0.15, -0.1) is 0 Å². The molecule has 0 unspecified atom stereocenters. The summed E-state index contributed by atoms with van der Waals surface area (Å²) >= 11 is 12.2. The second kappa shape index (κ2) is 6.44. The molecular formula is C17H9Cl2N2O5-. The molecule has 0 radical (unpaired) electrons. The highest BCUT2D eigenvalue weighted by Crippen LogP contribution is 2.38. The Morgan fingerprint density at radius 1 is 1.00 bits per heavy atom. The Morgan fingerprint density at radius 2 is 1.58 bits per heavy atom. The molecule has 1 aliphatic heterocycles. The third kappa shape index (κ3) is 2.91. The number of imide groups is 1. The molecule has 0 aliphatic carbocycles. The van der Waals surface area contributed by atoms with Gasteiger partial charge in [0.15, 0.2) is 0 Å². The van der Waals surface area contributed by atoms with Crippen LogP contribution in [0.5, 0.6) is 0 Å². The van der Waals surface area contributed by atoms with Crippen LogP contribution in [0.2, 0.25) is 10.0 Å². The number of nitrogens with one attached hydrogen (secondary N) is 1. The van der Waals surface area contributed by atoms with Gasteiger partial charge >= 0.3 is 0 Å². The average Bonchev–Trinajstić information content (AvgIpc) is 2.81. The van der Waals surface area contributed by atoms with Crippen molar-refractivity contribution in [2.75, 3.05) is 10.2 Å². The van der Waals surface area contributed by atoms with Gasteiger partial charge in [0.1, 0.15) is 0 Å². The first-order valence-electron chi connectivity index (χ1n) is 7.21. The van der Waals surface area contributed by atoms with Crippen LogP contribution < -0.4 is 15.3 Å². The summed E-state index contributed by atoms with van der Waals surface area (Å²) in [6.07, 6.45) is 0. The number of carboxylic acids is 1. The third-order valence-electron chi connectivity index (χ3n) is 3.71. The van der Waals surface area contributed by atoms with Crippen molar-refractivity contribution in [2.45, 2.75) is 6.92 Å². The van der Waals surface area contributed by atoms with Crippen LogP contribution >= 0.6 is 23.2 Å². The first kappa shape index (κ1) is 17.9. The molecule has 1 N–H and O–H groups in total. The van der Waals surface area contributed by atoms with E-state index in [9.17, 15) is 24.3 Å². The number of amides is 3. The standard InChI is InChI=1S/C17H10Cl2N2O5/c1-7(22)20-14-12(18)5-9(6-13(14)19)21-15(23)10-3-2-8(17(25)26)4-11(10)16(21)24/h2-6H,1H3,(H,20,22)(H,25,26)/p-1. The molecular weight excluding hydrogens is 383 g/mol. The van der Waals surface area contributed by atoms with Gasteiger partial charge in [-0.2, -0.15) is 0 Å². The first-order valence-corrected chi connectivity index (χ1v) is 7.97. The van der Waals surface area contributed by atoms with Crippen LogP contribution in [0.15, 0.2) is 30.3 Å². The predicted molar refractivity (Wildman–Crippen MR) is 92.7 cm³/mol. The van der Waals surface area contributed by atoms with Crippen molar-refractivity contribution in [3.8, 4) is 0 Å². The van der Waals surface area contributed by atoms with Crippen LogP contribution in [0.1, 0.15) is 38.0 Å². The van der Waals surface area contributed by atoms with Crippen molar-refractivity contribution in [1.82, 2.24) is 0 Å². The SMILES string of the molecule is CC(=O)Nc1c(Cl)cc(N2C(=O)c3ccc(C(=O)[O-])cc3C2=O)cc1Cl. The van der Waals surface area contributed by atoms with Gasteiger partial charge in [-0.05, 0) is 29.8 Å². The second-order valence-electron chi connectivity index (χ2n) is 5.46. The summed E-state index contributed by atoms with van der Waals surface area (Å²) in [6.45, 7) is 1.28. The van der Waals surface area contributed by atoms with Crippen molar-refractivity contribution in [3.63, 3.8) is 0 Å². The van der Waals surface area contributed by atoms with Crippen LogP contribution in [0.4, 0.5) is 11.4 Å². The predicted octanol–water partition coefficient (Wildman–Crippen LogP) is 2.12. The van der Waals surface area contributed by atoms with Gasteiger partial charge in [0.05, 0.1) is 38.5 Å². The van der Waals surface area contributed by atoms with Crippen molar-refractivity contribution in [1.29, 1.82) is 0 Å². The van der Waals surface area contributed by atoms with E-state index in [-0.39, 0.29) is 38.1 Å². The molecule has 0 aromatic heterocycles. The number of benzene rings is 2. The number of rotatable bonds is 3. The van der Waals surface area contributed by atoms with E-state index in [4.69, 9.17) is 23.2 Å². The van der Waals surface area contributed by atoms with E-state index in [1.807, 2.05) is 0 Å². The lowest BCUT2D eigenvalue weighted by Crippen LogP contribution is -2.29. The Hall–Kier alpha value is -2.90. The van der Waals surface area contributed by atoms with Crippen LogP contribution in [0, 0.1) is 0 Å². The smallest absolute Gasteiger partial charge is 0.266 e. The quantitative estimate of drug-likeness (QED) is 0.806. The summed E-state index contributed by atoms with van der Waals surface area (Å²) in [6, 6.07) is 6.12. The number of aromatic carboxylic acids is 1. The third-order valence-corrected chi connectivity index (χ3v) is 4.30. The number of anilines is 2. The van der Waals surface area contributed by atoms with Gasteiger partial charge in [0.25, 0.3) is 11.8 Å². The summed E-state index contributed by atoms with van der Waals surface area (Å²) < 4.78 is 0. The number of hydrogen-bond donors (Lipinski definition) is 1. The minimum Gasteiger partial charge on any atom is -0.545 e. The van der Waals surface area contributed by atoms with Crippen LogP contribution in [0.3, 0.4) is 0 Å². The summed E-state index contributed by atoms with van der Waals surface area (Å²) in [5.74, 6) is -3.21. The maximum Gasteiger partial charge on any atom is 0.266 e. The molecule has 2 aromatic rings. The van der Waals surface area contributed by atoms with Gasteiger partial charge in [0, 0.05) is 6.92 Å². The molecule has 0 saturated carbocycles. The fourth-order valence-electron chi connectivity index (χ4n) is 2.59. The zero-order valence-electron chi connectivity index (χ0n) is 13.1. The topological polar surface area (TPSA) is 107 Å². The van der Waals surface area contributed by atoms with Crippen LogP contribution in [-0.2, 0) is 4.79 Å². The zero-order valence-corrected chi connectivity index (χ0v) is 14.6. The molecule has 1 heterocycles. The molecule has 7 nitrogen and oxygen atoms in total. The maximum absolute atomic E-state index is 12.6. The molecule has 1 aliphatic rings. The van der Waals surface area contributed by atoms with Gasteiger partial charge in [0.2, 0.25) is 5.91 Å². The van der Waals surface area contributed by atoms with E-state index in [1.165, 1.54) is 31.2 Å². The Balaban J connectivity index is 2.06. The number of hydrogen-bond acceptors (Lipinski definition) is 5. The highest BCUT2D eigenvalue weighted by molar-refractivity contribution is 6.41. The number of carboxylic acid groups (broad SMARTS) is 1. The Morgan fingerprint density at radius 3 is 2.12 bits per heavy atom. The largest absolute Gasteiger partial charge is 0.545 e. The first-order chi connectivity index (χ1) is 12.2. The monoisotopic (exact) mass is 391 g/mol. The molecule has 2 aromatic carbocycles. The lowest BCUT2D eigenvalue weighted by Gasteiger charge is -2.17. The van der Waals surface area contributed by atoms with E-state index in [0.29, 0.717) is 0 Å². The van der Waals surface area contributed by atoms with Crippen molar-refractivity contribution >= 4 is 58.3 Å². The van der Waals surface area contributed by atoms with E-state index in [1.54, 1.807) is 0 Å². The normalized spacial score (nSPS) is 13.0. The average molecular weight is 392 g/mol. The van der Waals surface area contributed by atoms with Crippen molar-refractivity contribution < 1.29 is 24.3 Å². The van der Waals surface area contributed by atoms with Gasteiger partial charge in [-0.25, -0.2) is 4.90 Å². The number of carbonyl (C=O) groups excluding carboxylic acids is 4. The highest BCUT2D eigenvalue weighted by atomic mass is 35.5. The molecule has 26 heavy (non-hydrogen) atoms. The molecule has 0 atom stereocenters. The van der Waals surface area contributed by atoms with E-state index >= 15 is 0 Å². The highest BCUT2D eigenvalue weighted by Gasteiger charge is 2.37. The molecule has 132 valence electrons. The Kier molecular flexibility index (Phi) is 4.43. The van der Waals surface area contributed by atoms with Gasteiger partial charge in [-0.3, -0.25) is 14.4 Å². The molecule has 0 bridgehead atoms. The lowest BCUT2D eigenvalue weighted by atomic mass is 10.1. The van der Waals surface area contributed by atoms with Crippen molar-refractivity contribution in [2.24, 2.45) is 0 Å². The minimum atomic E-state index is -1.46. The van der Waals surface area contributed by atoms with Crippen LogP contribution in [0.25, 0.3) is 0 Å². The minimum absolute atomic E-state index is 0.0367. The van der Waals surface area contributed by atoms with E-state index < -0.39 is 23.7 Å². The number of nitrogens with zero attached hydrogens (tertiary/aromatic N) is 1. The second-order valence-corrected chi connectivity index (χ2v) is 6.27. The summed E-state index contributed by atoms with van der Waals surface area (Å²) in [4.78, 5) is 48.2. The van der Waals surface area contributed by atoms with E-state index in [0.717, 1.165) is 11.0 Å². The Labute approximate surface area is 157 Å². The summed E-state index contributed by atoms with van der Waals surface area (Å²) in [5.41, 5.74) is 0.0209. The summed E-state index contributed by atoms with van der Waals surface area (Å²) in [7, 11) is 0. The molecule has 9 heteroatoms. The Bertz CT molecular complexity index is 980. The molecule has 3 amide bonds. The molecule has 0 saturated heterocycles. The number of carbonyl (C=O) groups is 4. The number of fused-ring (bicyclic) bond motifs is 1. The molecule has 0 fully saturated rings. The lowest BCUT2D eigenvalue weighted by molar-refractivity contribution is -0.255.